The predicted octanol–water partition coefficient (Wildman–Crippen LogP) is 0.471. The summed E-state index contributed by atoms with van der Waals surface area (Å²) in [5.74, 6) is 0.730. The molecule has 0 spiro atoms. The van der Waals surface area contributed by atoms with Crippen LogP contribution in [0.1, 0.15) is 31.0 Å². The van der Waals surface area contributed by atoms with Crippen molar-refractivity contribution in [2.45, 2.75) is 32.0 Å². The van der Waals surface area contributed by atoms with Gasteiger partial charge in [-0.25, -0.2) is 0 Å². The van der Waals surface area contributed by atoms with Crippen LogP contribution in [0.2, 0.25) is 0 Å². The van der Waals surface area contributed by atoms with Crippen molar-refractivity contribution in [3.05, 3.63) is 11.7 Å². The van der Waals surface area contributed by atoms with Crippen LogP contribution in [0, 0.1) is 0 Å². The molecule has 2 unspecified atom stereocenters. The molecule has 0 bridgehead atoms. The van der Waals surface area contributed by atoms with Gasteiger partial charge < -0.3 is 19.1 Å². The van der Waals surface area contributed by atoms with Crippen LogP contribution in [0.4, 0.5) is 0 Å². The summed E-state index contributed by atoms with van der Waals surface area (Å²) in [7, 11) is 0. The van der Waals surface area contributed by atoms with Gasteiger partial charge in [-0.2, -0.15) is 4.98 Å². The molecule has 1 N–H and O–H groups in total. The van der Waals surface area contributed by atoms with E-state index >= 15 is 0 Å². The SMILES string of the molecule is CCOCc1noc(C2COCCC2O)n1. The quantitative estimate of drug-likeness (QED) is 0.807. The van der Waals surface area contributed by atoms with Crippen molar-refractivity contribution in [2.75, 3.05) is 19.8 Å². The standard InChI is InChI=1S/C10H16N2O4/c1-2-14-6-9-11-10(16-12-9)7-5-15-4-3-8(7)13/h7-8,13H,2-6H2,1H3. The molecule has 1 aromatic rings. The predicted molar refractivity (Wildman–Crippen MR) is 53.8 cm³/mol. The van der Waals surface area contributed by atoms with Gasteiger partial charge in [0.1, 0.15) is 6.61 Å². The minimum Gasteiger partial charge on any atom is -0.392 e. The van der Waals surface area contributed by atoms with E-state index in [0.29, 0.717) is 44.6 Å². The van der Waals surface area contributed by atoms with E-state index in [9.17, 15) is 5.11 Å². The Labute approximate surface area is 93.6 Å². The van der Waals surface area contributed by atoms with Crippen molar-refractivity contribution in [3.63, 3.8) is 0 Å². The zero-order valence-corrected chi connectivity index (χ0v) is 9.26. The van der Waals surface area contributed by atoms with Crippen molar-refractivity contribution in [1.82, 2.24) is 10.1 Å². The topological polar surface area (TPSA) is 77.6 Å². The monoisotopic (exact) mass is 228 g/mol. The van der Waals surface area contributed by atoms with Crippen molar-refractivity contribution in [3.8, 4) is 0 Å². The molecule has 0 aliphatic carbocycles. The first kappa shape index (κ1) is 11.5. The second kappa shape index (κ2) is 5.38. The van der Waals surface area contributed by atoms with Gasteiger partial charge in [-0.15, -0.1) is 0 Å². The Bertz CT molecular complexity index is 328. The minimum atomic E-state index is -0.464. The fourth-order valence-corrected chi connectivity index (χ4v) is 1.63. The smallest absolute Gasteiger partial charge is 0.234 e. The van der Waals surface area contributed by atoms with Crippen molar-refractivity contribution < 1.29 is 19.1 Å². The molecular weight excluding hydrogens is 212 g/mol. The van der Waals surface area contributed by atoms with Crippen LogP contribution >= 0.6 is 0 Å². The lowest BCUT2D eigenvalue weighted by atomic mass is 9.99. The van der Waals surface area contributed by atoms with Crippen molar-refractivity contribution in [2.24, 2.45) is 0 Å². The van der Waals surface area contributed by atoms with Crippen LogP contribution in [-0.4, -0.2) is 41.2 Å². The van der Waals surface area contributed by atoms with E-state index in [1.165, 1.54) is 0 Å². The van der Waals surface area contributed by atoms with Gasteiger partial charge in [-0.3, -0.25) is 0 Å². The molecule has 0 radical (unpaired) electrons. The average Bonchev–Trinajstić information content (AvgIpc) is 2.75. The Kier molecular flexibility index (Phi) is 3.87. The summed E-state index contributed by atoms with van der Waals surface area (Å²) in [4.78, 5) is 4.18. The molecule has 90 valence electrons. The largest absolute Gasteiger partial charge is 0.392 e. The number of rotatable bonds is 4. The minimum absolute atomic E-state index is 0.211. The van der Waals surface area contributed by atoms with E-state index < -0.39 is 6.10 Å². The van der Waals surface area contributed by atoms with Crippen LogP contribution in [0.5, 0.6) is 0 Å². The van der Waals surface area contributed by atoms with Gasteiger partial charge in [0.05, 0.1) is 18.6 Å². The molecule has 6 nitrogen and oxygen atoms in total. The van der Waals surface area contributed by atoms with Crippen molar-refractivity contribution >= 4 is 0 Å². The maximum atomic E-state index is 9.77. The lowest BCUT2D eigenvalue weighted by Crippen LogP contribution is -2.30. The Morgan fingerprint density at radius 3 is 3.19 bits per heavy atom. The first-order valence-electron chi connectivity index (χ1n) is 5.47. The maximum Gasteiger partial charge on any atom is 0.234 e. The highest BCUT2D eigenvalue weighted by atomic mass is 16.5. The molecule has 1 saturated heterocycles. The zero-order valence-electron chi connectivity index (χ0n) is 9.26. The molecule has 0 saturated carbocycles. The summed E-state index contributed by atoms with van der Waals surface area (Å²) in [6.07, 6.45) is 0.141. The number of hydrogen-bond donors (Lipinski definition) is 1. The van der Waals surface area contributed by atoms with Crippen LogP contribution in [0.15, 0.2) is 4.52 Å². The summed E-state index contributed by atoms with van der Waals surface area (Å²) in [5.41, 5.74) is 0. The summed E-state index contributed by atoms with van der Waals surface area (Å²) < 4.78 is 15.5. The highest BCUT2D eigenvalue weighted by molar-refractivity contribution is 4.98. The van der Waals surface area contributed by atoms with E-state index in [0.717, 1.165) is 0 Å². The molecule has 1 aliphatic heterocycles. The Hall–Kier alpha value is -0.980. The van der Waals surface area contributed by atoms with Gasteiger partial charge in [-0.05, 0) is 13.3 Å². The highest BCUT2D eigenvalue weighted by Crippen LogP contribution is 2.24. The van der Waals surface area contributed by atoms with Gasteiger partial charge in [0.25, 0.3) is 0 Å². The molecule has 0 aromatic carbocycles. The Morgan fingerprint density at radius 1 is 1.56 bits per heavy atom. The Morgan fingerprint density at radius 2 is 2.44 bits per heavy atom. The van der Waals surface area contributed by atoms with Crippen LogP contribution in [0.3, 0.4) is 0 Å². The molecule has 0 amide bonds. The van der Waals surface area contributed by atoms with E-state index in [1.807, 2.05) is 6.92 Å². The summed E-state index contributed by atoms with van der Waals surface area (Å²) in [6, 6.07) is 0. The van der Waals surface area contributed by atoms with Gasteiger partial charge in [0.2, 0.25) is 5.89 Å². The molecule has 2 rings (SSSR count). The third-order valence-corrected chi connectivity index (χ3v) is 2.56. The summed E-state index contributed by atoms with van der Waals surface area (Å²) >= 11 is 0. The van der Waals surface area contributed by atoms with Crippen LogP contribution in [0.25, 0.3) is 0 Å². The number of aliphatic hydroxyl groups excluding tert-OH is 1. The number of aliphatic hydroxyl groups is 1. The first-order chi connectivity index (χ1) is 7.81. The number of ether oxygens (including phenoxy) is 2. The normalized spacial score (nSPS) is 25.9. The van der Waals surface area contributed by atoms with Gasteiger partial charge >= 0.3 is 0 Å². The fourth-order valence-electron chi connectivity index (χ4n) is 1.63. The second-order valence-corrected chi connectivity index (χ2v) is 3.72. The summed E-state index contributed by atoms with van der Waals surface area (Å²) in [5, 5.41) is 13.6. The van der Waals surface area contributed by atoms with E-state index in [1.54, 1.807) is 0 Å². The number of aromatic nitrogens is 2. The van der Waals surface area contributed by atoms with E-state index in [2.05, 4.69) is 10.1 Å². The highest BCUT2D eigenvalue weighted by Gasteiger charge is 2.30. The van der Waals surface area contributed by atoms with Gasteiger partial charge in [0, 0.05) is 13.2 Å². The third-order valence-electron chi connectivity index (χ3n) is 2.56. The fraction of sp³-hybridized carbons (Fsp3) is 0.800. The number of nitrogens with zero attached hydrogens (tertiary/aromatic N) is 2. The molecule has 2 atom stereocenters. The number of hydrogen-bond acceptors (Lipinski definition) is 6. The lowest BCUT2D eigenvalue weighted by Gasteiger charge is -2.24. The summed E-state index contributed by atoms with van der Waals surface area (Å²) in [6.45, 7) is 3.86. The van der Waals surface area contributed by atoms with Crippen LogP contribution in [-0.2, 0) is 16.1 Å². The van der Waals surface area contributed by atoms with Gasteiger partial charge in [0.15, 0.2) is 5.82 Å². The third kappa shape index (κ3) is 2.58. The molecule has 1 aliphatic rings. The molecule has 1 fully saturated rings. The van der Waals surface area contributed by atoms with E-state index in [4.69, 9.17) is 14.0 Å². The first-order valence-corrected chi connectivity index (χ1v) is 5.47. The molecule has 16 heavy (non-hydrogen) atoms. The molecule has 1 aromatic heterocycles. The van der Waals surface area contributed by atoms with Gasteiger partial charge in [-0.1, -0.05) is 5.16 Å². The molecule has 2 heterocycles. The zero-order chi connectivity index (χ0) is 11.4. The van der Waals surface area contributed by atoms with Crippen molar-refractivity contribution in [1.29, 1.82) is 0 Å². The second-order valence-electron chi connectivity index (χ2n) is 3.72. The Balaban J connectivity index is 1.99. The van der Waals surface area contributed by atoms with Crippen LogP contribution < -0.4 is 0 Å². The molecule has 6 heteroatoms. The average molecular weight is 228 g/mol. The molecular formula is C10H16N2O4. The van der Waals surface area contributed by atoms with E-state index in [-0.39, 0.29) is 5.92 Å². The lowest BCUT2D eigenvalue weighted by molar-refractivity contribution is -0.0149. The maximum absolute atomic E-state index is 9.77.